The molecule has 0 aromatic heterocycles. The summed E-state index contributed by atoms with van der Waals surface area (Å²) < 4.78 is 0. The lowest BCUT2D eigenvalue weighted by atomic mass is 9.97. The highest BCUT2D eigenvalue weighted by atomic mass is 16.2. The second-order valence-electron chi connectivity index (χ2n) is 8.60. The van der Waals surface area contributed by atoms with Gasteiger partial charge in [-0.2, -0.15) is 0 Å². The van der Waals surface area contributed by atoms with Crippen LogP contribution in [0.25, 0.3) is 0 Å². The van der Waals surface area contributed by atoms with Crippen LogP contribution in [0.3, 0.4) is 0 Å². The number of benzene rings is 1. The Balaban J connectivity index is 2.17. The monoisotopic (exact) mass is 416 g/mol. The van der Waals surface area contributed by atoms with E-state index in [0.717, 1.165) is 36.8 Å². The Morgan fingerprint density at radius 3 is 1.67 bits per heavy atom. The molecule has 2 rings (SSSR count). The predicted octanol–water partition coefficient (Wildman–Crippen LogP) is 2.72. The van der Waals surface area contributed by atoms with E-state index in [1.165, 1.54) is 0 Å². The lowest BCUT2D eigenvalue weighted by Crippen LogP contribution is -2.48. The Bertz CT molecular complexity index is 626. The van der Waals surface area contributed by atoms with Crippen LogP contribution in [-0.4, -0.2) is 37.0 Å². The molecule has 1 aromatic carbocycles. The predicted molar refractivity (Wildman–Crippen MR) is 122 cm³/mol. The molecule has 6 heteroatoms. The fourth-order valence-electron chi connectivity index (χ4n) is 3.77. The average Bonchev–Trinajstić information content (AvgIpc) is 2.75. The van der Waals surface area contributed by atoms with E-state index in [0.29, 0.717) is 26.2 Å². The van der Waals surface area contributed by atoms with E-state index >= 15 is 0 Å². The molecule has 2 unspecified atom stereocenters. The van der Waals surface area contributed by atoms with Crippen molar-refractivity contribution in [2.75, 3.05) is 13.1 Å². The highest BCUT2D eigenvalue weighted by molar-refractivity contribution is 5.82. The summed E-state index contributed by atoms with van der Waals surface area (Å²) in [4.78, 5) is 25.5. The number of amides is 2. The number of carbonyl (C=O) groups excluding carboxylic acids is 2. The smallest absolute Gasteiger partial charge is 0.237 e. The molecular formula is C24H40N4O2. The van der Waals surface area contributed by atoms with Gasteiger partial charge in [-0.05, 0) is 35.8 Å². The summed E-state index contributed by atoms with van der Waals surface area (Å²) in [7, 11) is 0. The van der Waals surface area contributed by atoms with Gasteiger partial charge < -0.3 is 21.3 Å². The van der Waals surface area contributed by atoms with Crippen molar-refractivity contribution in [3.05, 3.63) is 35.4 Å². The standard InChI is InChI=1S/C24H40N4O2/c1-5-17(3)21-23(29)25-12-7-8-13-26-24(30)22(18(4)6-2)28-16-20-11-9-10-19(14-20)15-27-21/h9-11,14,17-18,21-22,27-28H,5-8,12-13,15-16H2,1-4H3,(H,25,29)(H,26,30)/t17?,18?,21-,22-/m0/s1. The van der Waals surface area contributed by atoms with Gasteiger partial charge in [0.25, 0.3) is 0 Å². The van der Waals surface area contributed by atoms with Crippen molar-refractivity contribution in [1.29, 1.82) is 0 Å². The molecule has 30 heavy (non-hydrogen) atoms. The van der Waals surface area contributed by atoms with E-state index in [2.05, 4.69) is 67.2 Å². The fourth-order valence-corrected chi connectivity index (χ4v) is 3.77. The van der Waals surface area contributed by atoms with Gasteiger partial charge in [0, 0.05) is 26.2 Å². The van der Waals surface area contributed by atoms with Crippen LogP contribution in [0.1, 0.15) is 64.5 Å². The second-order valence-corrected chi connectivity index (χ2v) is 8.60. The highest BCUT2D eigenvalue weighted by Crippen LogP contribution is 2.13. The molecule has 0 spiro atoms. The van der Waals surface area contributed by atoms with Gasteiger partial charge >= 0.3 is 0 Å². The molecule has 0 aliphatic carbocycles. The van der Waals surface area contributed by atoms with Crippen molar-refractivity contribution in [1.82, 2.24) is 21.3 Å². The molecule has 4 atom stereocenters. The fraction of sp³-hybridized carbons (Fsp3) is 0.667. The van der Waals surface area contributed by atoms with Crippen molar-refractivity contribution in [3.63, 3.8) is 0 Å². The molecule has 1 aliphatic rings. The molecule has 6 nitrogen and oxygen atoms in total. The van der Waals surface area contributed by atoms with Crippen molar-refractivity contribution < 1.29 is 9.59 Å². The van der Waals surface area contributed by atoms with Gasteiger partial charge in [-0.15, -0.1) is 0 Å². The van der Waals surface area contributed by atoms with Crippen LogP contribution in [0.4, 0.5) is 0 Å². The summed E-state index contributed by atoms with van der Waals surface area (Å²) in [5.74, 6) is 0.639. The van der Waals surface area contributed by atoms with Crippen molar-refractivity contribution in [2.45, 2.75) is 78.6 Å². The van der Waals surface area contributed by atoms with Crippen molar-refractivity contribution in [3.8, 4) is 0 Å². The van der Waals surface area contributed by atoms with Crippen LogP contribution in [-0.2, 0) is 22.7 Å². The van der Waals surface area contributed by atoms with Crippen LogP contribution in [0.5, 0.6) is 0 Å². The largest absolute Gasteiger partial charge is 0.355 e. The van der Waals surface area contributed by atoms with Crippen LogP contribution in [0.15, 0.2) is 24.3 Å². The number of fused-ring (bicyclic) bond motifs is 2. The Morgan fingerprint density at radius 2 is 1.27 bits per heavy atom. The number of carbonyl (C=O) groups is 2. The first-order chi connectivity index (χ1) is 14.5. The maximum atomic E-state index is 12.7. The molecule has 2 bridgehead atoms. The first kappa shape index (κ1) is 24.4. The first-order valence-corrected chi connectivity index (χ1v) is 11.6. The van der Waals surface area contributed by atoms with E-state index in [-0.39, 0.29) is 35.7 Å². The normalized spacial score (nSPS) is 24.3. The van der Waals surface area contributed by atoms with Gasteiger partial charge in [0.15, 0.2) is 0 Å². The Kier molecular flexibility index (Phi) is 10.3. The van der Waals surface area contributed by atoms with Gasteiger partial charge in [-0.25, -0.2) is 0 Å². The van der Waals surface area contributed by atoms with Crippen molar-refractivity contribution >= 4 is 11.8 Å². The number of hydrogen-bond acceptors (Lipinski definition) is 4. The third kappa shape index (κ3) is 7.40. The van der Waals surface area contributed by atoms with E-state index < -0.39 is 0 Å². The zero-order chi connectivity index (χ0) is 21.9. The SMILES string of the molecule is CCC(C)[C@@H]1NCc2cccc(c2)CN[C@@H](C(C)CC)C(=O)NCCCCNC1=O. The maximum Gasteiger partial charge on any atom is 0.237 e. The minimum absolute atomic E-state index is 0.0624. The quantitative estimate of drug-likeness (QED) is 0.608. The molecular weight excluding hydrogens is 376 g/mol. The molecule has 0 saturated heterocycles. The lowest BCUT2D eigenvalue weighted by Gasteiger charge is -2.24. The first-order valence-electron chi connectivity index (χ1n) is 11.6. The zero-order valence-corrected chi connectivity index (χ0v) is 19.1. The minimum atomic E-state index is -0.207. The Hall–Kier alpha value is -1.92. The molecule has 1 heterocycles. The molecule has 0 saturated carbocycles. The van der Waals surface area contributed by atoms with E-state index in [1.807, 2.05) is 6.07 Å². The van der Waals surface area contributed by atoms with Crippen LogP contribution in [0, 0.1) is 11.8 Å². The summed E-state index contributed by atoms with van der Waals surface area (Å²) >= 11 is 0. The topological polar surface area (TPSA) is 82.3 Å². The van der Waals surface area contributed by atoms with Gasteiger partial charge in [0.2, 0.25) is 11.8 Å². The maximum absolute atomic E-state index is 12.7. The highest BCUT2D eigenvalue weighted by Gasteiger charge is 2.24. The van der Waals surface area contributed by atoms with Crippen LogP contribution in [0.2, 0.25) is 0 Å². The lowest BCUT2D eigenvalue weighted by molar-refractivity contribution is -0.125. The number of rotatable bonds is 4. The number of hydrogen-bond donors (Lipinski definition) is 4. The Labute approximate surface area is 182 Å². The van der Waals surface area contributed by atoms with Crippen LogP contribution < -0.4 is 21.3 Å². The van der Waals surface area contributed by atoms with Crippen molar-refractivity contribution in [2.24, 2.45) is 11.8 Å². The van der Waals surface area contributed by atoms with Gasteiger partial charge in [0.05, 0.1) is 12.1 Å². The van der Waals surface area contributed by atoms with Gasteiger partial charge in [0.1, 0.15) is 0 Å². The molecule has 4 N–H and O–H groups in total. The van der Waals surface area contributed by atoms with E-state index in [9.17, 15) is 9.59 Å². The van der Waals surface area contributed by atoms with Crippen LogP contribution >= 0.6 is 0 Å². The summed E-state index contributed by atoms with van der Waals surface area (Å²) in [6, 6.07) is 7.93. The molecule has 168 valence electrons. The summed E-state index contributed by atoms with van der Waals surface area (Å²) in [6.07, 6.45) is 3.58. The molecule has 1 aromatic rings. The van der Waals surface area contributed by atoms with Gasteiger partial charge in [-0.3, -0.25) is 9.59 Å². The summed E-state index contributed by atoms with van der Waals surface area (Å²) in [5, 5.41) is 13.1. The molecule has 2 amide bonds. The Morgan fingerprint density at radius 1 is 0.833 bits per heavy atom. The molecule has 1 aliphatic heterocycles. The summed E-state index contributed by atoms with van der Waals surface area (Å²) in [5.41, 5.74) is 2.29. The van der Waals surface area contributed by atoms with E-state index in [1.54, 1.807) is 0 Å². The third-order valence-electron chi connectivity index (χ3n) is 6.24. The molecule has 0 radical (unpaired) electrons. The average molecular weight is 417 g/mol. The van der Waals surface area contributed by atoms with Gasteiger partial charge in [-0.1, -0.05) is 64.8 Å². The third-order valence-corrected chi connectivity index (χ3v) is 6.24. The minimum Gasteiger partial charge on any atom is -0.355 e. The number of nitrogens with one attached hydrogen (secondary N) is 4. The second kappa shape index (κ2) is 12.7. The summed E-state index contributed by atoms with van der Waals surface area (Å²) in [6.45, 7) is 11.0. The van der Waals surface area contributed by atoms with E-state index in [4.69, 9.17) is 0 Å². The zero-order valence-electron chi connectivity index (χ0n) is 19.1. The molecule has 0 fully saturated rings.